The number of amides is 3. The van der Waals surface area contributed by atoms with Gasteiger partial charge in [0.1, 0.15) is 11.9 Å². The molecule has 2 aliphatic heterocycles. The molecule has 2 saturated heterocycles. The third-order valence-electron chi connectivity index (χ3n) is 5.61. The van der Waals surface area contributed by atoms with Crippen molar-refractivity contribution in [3.8, 4) is 0 Å². The SMILES string of the molecule is O=C(Nc1ccc(Br)cn1)C1CCCN(C(=O)C2CCCN2C(=O)c2ccco2)C1. The molecule has 0 spiro atoms. The van der Waals surface area contributed by atoms with Gasteiger partial charge < -0.3 is 19.5 Å². The average molecular weight is 475 g/mol. The minimum absolute atomic E-state index is 0.0910. The van der Waals surface area contributed by atoms with E-state index in [2.05, 4.69) is 26.2 Å². The second kappa shape index (κ2) is 8.99. The maximum atomic E-state index is 13.2. The van der Waals surface area contributed by atoms with E-state index in [4.69, 9.17) is 4.42 Å². The smallest absolute Gasteiger partial charge is 0.290 e. The summed E-state index contributed by atoms with van der Waals surface area (Å²) in [6.07, 6.45) is 5.94. The Morgan fingerprint density at radius 2 is 1.97 bits per heavy atom. The van der Waals surface area contributed by atoms with Crippen LogP contribution in [0.1, 0.15) is 36.2 Å². The molecule has 0 aliphatic carbocycles. The van der Waals surface area contributed by atoms with E-state index in [0.29, 0.717) is 38.3 Å². The van der Waals surface area contributed by atoms with Crippen molar-refractivity contribution in [1.82, 2.24) is 14.8 Å². The molecule has 0 radical (unpaired) electrons. The van der Waals surface area contributed by atoms with Gasteiger partial charge in [-0.3, -0.25) is 14.4 Å². The number of hydrogen-bond donors (Lipinski definition) is 1. The zero-order chi connectivity index (χ0) is 21.1. The highest BCUT2D eigenvalue weighted by Crippen LogP contribution is 2.25. The molecule has 2 unspecified atom stereocenters. The van der Waals surface area contributed by atoms with E-state index in [-0.39, 0.29) is 29.4 Å². The second-order valence-corrected chi connectivity index (χ2v) is 8.52. The first kappa shape index (κ1) is 20.6. The van der Waals surface area contributed by atoms with Crippen molar-refractivity contribution in [2.24, 2.45) is 5.92 Å². The van der Waals surface area contributed by atoms with Crippen LogP contribution >= 0.6 is 15.9 Å². The number of carbonyl (C=O) groups excluding carboxylic acids is 3. The van der Waals surface area contributed by atoms with Crippen molar-refractivity contribution in [3.63, 3.8) is 0 Å². The van der Waals surface area contributed by atoms with E-state index >= 15 is 0 Å². The summed E-state index contributed by atoms with van der Waals surface area (Å²) in [6, 6.07) is 6.31. The number of furan rings is 1. The molecule has 2 aromatic rings. The van der Waals surface area contributed by atoms with E-state index in [0.717, 1.165) is 17.3 Å². The van der Waals surface area contributed by atoms with Gasteiger partial charge in [-0.2, -0.15) is 0 Å². The van der Waals surface area contributed by atoms with E-state index in [1.165, 1.54) is 6.26 Å². The number of likely N-dealkylation sites (tertiary alicyclic amines) is 2. The van der Waals surface area contributed by atoms with E-state index < -0.39 is 6.04 Å². The lowest BCUT2D eigenvalue weighted by Gasteiger charge is -2.35. The minimum atomic E-state index is -0.502. The molecule has 158 valence electrons. The Bertz CT molecular complexity index is 916. The number of halogens is 1. The number of rotatable bonds is 4. The Balaban J connectivity index is 1.39. The quantitative estimate of drug-likeness (QED) is 0.734. The second-order valence-electron chi connectivity index (χ2n) is 7.61. The van der Waals surface area contributed by atoms with Crippen LogP contribution in [-0.2, 0) is 9.59 Å². The zero-order valence-electron chi connectivity index (χ0n) is 16.4. The molecule has 9 heteroatoms. The van der Waals surface area contributed by atoms with Crippen LogP contribution in [0, 0.1) is 5.92 Å². The number of nitrogens with zero attached hydrogens (tertiary/aromatic N) is 3. The highest BCUT2D eigenvalue weighted by Gasteiger charge is 2.39. The van der Waals surface area contributed by atoms with Gasteiger partial charge in [-0.15, -0.1) is 0 Å². The molecule has 0 aromatic carbocycles. The fourth-order valence-corrected chi connectivity index (χ4v) is 4.32. The van der Waals surface area contributed by atoms with Crippen LogP contribution in [-0.4, -0.2) is 58.2 Å². The first-order valence-corrected chi connectivity index (χ1v) is 10.9. The van der Waals surface area contributed by atoms with Gasteiger partial charge in [-0.1, -0.05) is 0 Å². The number of hydrogen-bond acceptors (Lipinski definition) is 5. The molecule has 0 saturated carbocycles. The molecule has 2 fully saturated rings. The summed E-state index contributed by atoms with van der Waals surface area (Å²) < 4.78 is 6.05. The maximum absolute atomic E-state index is 13.2. The Morgan fingerprint density at radius 3 is 2.70 bits per heavy atom. The third-order valence-corrected chi connectivity index (χ3v) is 6.08. The summed E-state index contributed by atoms with van der Waals surface area (Å²) in [6.45, 7) is 1.47. The summed E-state index contributed by atoms with van der Waals surface area (Å²) in [5.41, 5.74) is 0. The summed E-state index contributed by atoms with van der Waals surface area (Å²) in [7, 11) is 0. The Labute approximate surface area is 182 Å². The lowest BCUT2D eigenvalue weighted by molar-refractivity contribution is -0.138. The van der Waals surface area contributed by atoms with E-state index in [1.54, 1.807) is 34.2 Å². The van der Waals surface area contributed by atoms with Gasteiger partial charge in [0.15, 0.2) is 5.76 Å². The summed E-state index contributed by atoms with van der Waals surface area (Å²) >= 11 is 3.32. The third kappa shape index (κ3) is 4.40. The van der Waals surface area contributed by atoms with Gasteiger partial charge in [-0.05, 0) is 65.9 Å². The van der Waals surface area contributed by atoms with Crippen molar-refractivity contribution >= 4 is 39.5 Å². The first-order chi connectivity index (χ1) is 14.5. The Morgan fingerprint density at radius 1 is 1.13 bits per heavy atom. The predicted octanol–water partition coefficient (Wildman–Crippen LogP) is 2.92. The van der Waals surface area contributed by atoms with Crippen LogP contribution < -0.4 is 5.32 Å². The van der Waals surface area contributed by atoms with Gasteiger partial charge in [0.2, 0.25) is 11.8 Å². The highest BCUT2D eigenvalue weighted by atomic mass is 79.9. The number of piperidine rings is 1. The summed E-state index contributed by atoms with van der Waals surface area (Å²) in [5, 5.41) is 2.83. The topological polar surface area (TPSA) is 95.8 Å². The van der Waals surface area contributed by atoms with Crippen LogP contribution in [0.5, 0.6) is 0 Å². The first-order valence-electron chi connectivity index (χ1n) is 10.1. The largest absolute Gasteiger partial charge is 0.459 e. The van der Waals surface area contributed by atoms with Crippen LogP contribution in [0.3, 0.4) is 0 Å². The van der Waals surface area contributed by atoms with Crippen molar-refractivity contribution in [2.45, 2.75) is 31.7 Å². The number of carbonyl (C=O) groups is 3. The number of pyridine rings is 1. The Kier molecular flexibility index (Phi) is 6.17. The van der Waals surface area contributed by atoms with Gasteiger partial charge in [0, 0.05) is 30.3 Å². The van der Waals surface area contributed by atoms with Crippen molar-refractivity contribution in [2.75, 3.05) is 25.0 Å². The molecule has 4 heterocycles. The maximum Gasteiger partial charge on any atom is 0.290 e. The van der Waals surface area contributed by atoms with Crippen LogP contribution in [0.15, 0.2) is 45.6 Å². The number of anilines is 1. The summed E-state index contributed by atoms with van der Waals surface area (Å²) in [4.78, 5) is 46.1. The van der Waals surface area contributed by atoms with E-state index in [1.807, 2.05) is 6.07 Å². The van der Waals surface area contributed by atoms with Gasteiger partial charge in [0.25, 0.3) is 5.91 Å². The average Bonchev–Trinajstić information content (AvgIpc) is 3.47. The molecule has 30 heavy (non-hydrogen) atoms. The van der Waals surface area contributed by atoms with Crippen molar-refractivity contribution in [3.05, 3.63) is 47.0 Å². The molecular weight excluding hydrogens is 452 g/mol. The van der Waals surface area contributed by atoms with Gasteiger partial charge in [-0.25, -0.2) is 4.98 Å². The van der Waals surface area contributed by atoms with Crippen molar-refractivity contribution in [1.29, 1.82) is 0 Å². The molecule has 2 aromatic heterocycles. The van der Waals surface area contributed by atoms with Gasteiger partial charge in [0.05, 0.1) is 12.2 Å². The molecule has 3 amide bonds. The molecule has 8 nitrogen and oxygen atoms in total. The molecule has 2 atom stereocenters. The predicted molar refractivity (Wildman–Crippen MR) is 113 cm³/mol. The fourth-order valence-electron chi connectivity index (χ4n) is 4.09. The Hall–Kier alpha value is -2.68. The highest BCUT2D eigenvalue weighted by molar-refractivity contribution is 9.10. The number of nitrogens with one attached hydrogen (secondary N) is 1. The lowest BCUT2D eigenvalue weighted by atomic mass is 9.96. The molecular formula is C21H23BrN4O4. The number of aromatic nitrogens is 1. The standard InChI is InChI=1S/C21H23BrN4O4/c22-15-7-8-18(23-12-15)24-19(27)14-4-1-9-25(13-14)20(28)16-5-2-10-26(16)21(29)17-6-3-11-30-17/h3,6-8,11-12,14,16H,1-2,4-5,9-10,13H2,(H,23,24,27). The van der Waals surface area contributed by atoms with Crippen molar-refractivity contribution < 1.29 is 18.8 Å². The zero-order valence-corrected chi connectivity index (χ0v) is 18.0. The van der Waals surface area contributed by atoms with E-state index in [9.17, 15) is 14.4 Å². The normalized spacial score (nSPS) is 21.5. The lowest BCUT2D eigenvalue weighted by Crippen LogP contribution is -2.51. The molecule has 2 aliphatic rings. The van der Waals surface area contributed by atoms with Crippen LogP contribution in [0.4, 0.5) is 5.82 Å². The molecule has 1 N–H and O–H groups in total. The van der Waals surface area contributed by atoms with Crippen LogP contribution in [0.2, 0.25) is 0 Å². The minimum Gasteiger partial charge on any atom is -0.459 e. The fraction of sp³-hybridized carbons (Fsp3) is 0.429. The van der Waals surface area contributed by atoms with Gasteiger partial charge >= 0.3 is 0 Å². The molecule has 0 bridgehead atoms. The molecule has 4 rings (SSSR count). The summed E-state index contributed by atoms with van der Waals surface area (Å²) in [5.74, 6) is -0.0681. The van der Waals surface area contributed by atoms with Crippen LogP contribution in [0.25, 0.3) is 0 Å². The monoisotopic (exact) mass is 474 g/mol.